The molecule has 2 rings (SSSR count). The Bertz CT molecular complexity index is 377. The van der Waals surface area contributed by atoms with Crippen LogP contribution in [0.15, 0.2) is 6.20 Å². The second kappa shape index (κ2) is 5.33. The summed E-state index contributed by atoms with van der Waals surface area (Å²) >= 11 is 6.05. The Morgan fingerprint density at radius 1 is 1.71 bits per heavy atom. The van der Waals surface area contributed by atoms with Crippen LogP contribution in [-0.2, 0) is 17.0 Å². The lowest BCUT2D eigenvalue weighted by molar-refractivity contribution is 0.105. The summed E-state index contributed by atoms with van der Waals surface area (Å²) in [6.45, 7) is 2.17. The maximum absolute atomic E-state index is 14.8. The van der Waals surface area contributed by atoms with E-state index in [0.29, 0.717) is 36.8 Å². The molecule has 0 radical (unpaired) electrons. The maximum Gasteiger partial charge on any atom is 0.166 e. The number of nitrogens with zero attached hydrogens (tertiary/aromatic N) is 2. The molecule has 1 aliphatic rings. The van der Waals surface area contributed by atoms with Crippen LogP contribution in [0.4, 0.5) is 4.39 Å². The van der Waals surface area contributed by atoms with Crippen molar-refractivity contribution in [2.45, 2.75) is 25.1 Å². The topological polar surface area (TPSA) is 39.1 Å². The Labute approximate surface area is 105 Å². The van der Waals surface area contributed by atoms with Crippen LogP contribution in [0.1, 0.15) is 18.5 Å². The first-order chi connectivity index (χ1) is 8.17. The van der Waals surface area contributed by atoms with Crippen molar-refractivity contribution < 1.29 is 9.13 Å². The maximum atomic E-state index is 14.8. The smallest absolute Gasteiger partial charge is 0.166 e. The van der Waals surface area contributed by atoms with Crippen LogP contribution in [0.5, 0.6) is 0 Å². The van der Waals surface area contributed by atoms with E-state index in [9.17, 15) is 4.39 Å². The van der Waals surface area contributed by atoms with Crippen LogP contribution in [0.3, 0.4) is 0 Å². The van der Waals surface area contributed by atoms with E-state index in [1.807, 2.05) is 0 Å². The summed E-state index contributed by atoms with van der Waals surface area (Å²) in [7, 11) is 1.61. The van der Waals surface area contributed by atoms with Gasteiger partial charge in [0.2, 0.25) is 0 Å². The third kappa shape index (κ3) is 2.61. The molecule has 0 bridgehead atoms. The molecule has 4 nitrogen and oxygen atoms in total. The Morgan fingerprint density at radius 2 is 2.53 bits per heavy atom. The number of aromatic nitrogens is 2. The normalized spacial score (nSPS) is 25.1. The van der Waals surface area contributed by atoms with Crippen LogP contribution in [0.2, 0.25) is 5.02 Å². The van der Waals surface area contributed by atoms with Gasteiger partial charge in [-0.05, 0) is 19.4 Å². The Balaban J connectivity index is 2.25. The number of halogens is 2. The molecule has 1 aromatic heterocycles. The quantitative estimate of drug-likeness (QED) is 0.897. The summed E-state index contributed by atoms with van der Waals surface area (Å²) in [4.78, 5) is 0. The van der Waals surface area contributed by atoms with Gasteiger partial charge in [0.05, 0.1) is 30.1 Å². The summed E-state index contributed by atoms with van der Waals surface area (Å²) in [5, 5.41) is 7.57. The predicted octanol–water partition coefficient (Wildman–Crippen LogP) is 1.73. The van der Waals surface area contributed by atoms with Gasteiger partial charge in [-0.1, -0.05) is 11.6 Å². The molecule has 96 valence electrons. The van der Waals surface area contributed by atoms with E-state index in [4.69, 9.17) is 16.3 Å². The molecule has 0 aromatic carbocycles. The molecule has 1 aliphatic heterocycles. The molecule has 1 N–H and O–H groups in total. The van der Waals surface area contributed by atoms with E-state index in [2.05, 4.69) is 10.4 Å². The average molecular weight is 262 g/mol. The molecule has 0 aliphatic carbocycles. The molecule has 1 fully saturated rings. The molecule has 1 atom stereocenters. The molecule has 1 saturated heterocycles. The van der Waals surface area contributed by atoms with Gasteiger partial charge in [0.15, 0.2) is 5.67 Å². The number of methoxy groups -OCH3 is 1. The lowest BCUT2D eigenvalue weighted by Crippen LogP contribution is -2.41. The Hall–Kier alpha value is -0.650. The molecule has 1 unspecified atom stereocenters. The molecule has 0 saturated carbocycles. The molecule has 6 heteroatoms. The van der Waals surface area contributed by atoms with E-state index in [1.54, 1.807) is 11.8 Å². The molecule has 0 amide bonds. The third-order valence-corrected chi connectivity index (χ3v) is 3.33. The van der Waals surface area contributed by atoms with E-state index < -0.39 is 5.67 Å². The van der Waals surface area contributed by atoms with Crippen molar-refractivity contribution in [3.63, 3.8) is 0 Å². The fraction of sp³-hybridized carbons (Fsp3) is 0.727. The van der Waals surface area contributed by atoms with Crippen LogP contribution in [0.25, 0.3) is 0 Å². The largest absolute Gasteiger partial charge is 0.383 e. The monoisotopic (exact) mass is 261 g/mol. The number of rotatable bonds is 4. The molecule has 2 heterocycles. The van der Waals surface area contributed by atoms with Gasteiger partial charge < -0.3 is 10.1 Å². The second-order valence-electron chi connectivity index (χ2n) is 4.30. The van der Waals surface area contributed by atoms with Gasteiger partial charge in [0.1, 0.15) is 0 Å². The zero-order chi connectivity index (χ0) is 12.3. The van der Waals surface area contributed by atoms with Crippen LogP contribution in [0, 0.1) is 0 Å². The van der Waals surface area contributed by atoms with Crippen molar-refractivity contribution in [1.82, 2.24) is 15.1 Å². The zero-order valence-electron chi connectivity index (χ0n) is 9.88. The van der Waals surface area contributed by atoms with Crippen LogP contribution >= 0.6 is 11.6 Å². The highest BCUT2D eigenvalue weighted by Gasteiger charge is 2.38. The summed E-state index contributed by atoms with van der Waals surface area (Å²) in [5.41, 5.74) is -0.942. The van der Waals surface area contributed by atoms with Gasteiger partial charge in [-0.2, -0.15) is 5.10 Å². The van der Waals surface area contributed by atoms with Crippen molar-refractivity contribution in [2.24, 2.45) is 0 Å². The third-order valence-electron chi connectivity index (χ3n) is 3.06. The van der Waals surface area contributed by atoms with E-state index in [1.165, 1.54) is 6.20 Å². The van der Waals surface area contributed by atoms with Crippen LogP contribution in [-0.4, -0.2) is 36.6 Å². The van der Waals surface area contributed by atoms with Gasteiger partial charge in [-0.25, -0.2) is 4.39 Å². The highest BCUT2D eigenvalue weighted by molar-refractivity contribution is 6.31. The molecular formula is C11H17ClFN3O. The van der Waals surface area contributed by atoms with Crippen LogP contribution < -0.4 is 5.32 Å². The van der Waals surface area contributed by atoms with Crippen molar-refractivity contribution in [3.8, 4) is 0 Å². The number of alkyl halides is 1. The number of piperidine rings is 1. The summed E-state index contributed by atoms with van der Waals surface area (Å²) < 4.78 is 21.4. The number of hydrogen-bond donors (Lipinski definition) is 1. The van der Waals surface area contributed by atoms with Gasteiger partial charge in [-0.3, -0.25) is 4.68 Å². The number of ether oxygens (including phenoxy) is 1. The number of nitrogens with one attached hydrogen (secondary N) is 1. The fourth-order valence-corrected chi connectivity index (χ4v) is 2.54. The minimum atomic E-state index is -1.42. The van der Waals surface area contributed by atoms with Crippen molar-refractivity contribution >= 4 is 11.6 Å². The van der Waals surface area contributed by atoms with Gasteiger partial charge >= 0.3 is 0 Å². The lowest BCUT2D eigenvalue weighted by atomic mass is 9.92. The lowest BCUT2D eigenvalue weighted by Gasteiger charge is -2.31. The van der Waals surface area contributed by atoms with Crippen molar-refractivity contribution in [3.05, 3.63) is 16.9 Å². The van der Waals surface area contributed by atoms with Crippen molar-refractivity contribution in [2.75, 3.05) is 26.8 Å². The van der Waals surface area contributed by atoms with E-state index in [-0.39, 0.29) is 0 Å². The highest BCUT2D eigenvalue weighted by atomic mass is 35.5. The summed E-state index contributed by atoms with van der Waals surface area (Å²) in [6, 6.07) is 0. The summed E-state index contributed by atoms with van der Waals surface area (Å²) in [5.74, 6) is 0. The van der Waals surface area contributed by atoms with E-state index >= 15 is 0 Å². The Kier molecular flexibility index (Phi) is 4.01. The second-order valence-corrected chi connectivity index (χ2v) is 4.71. The fourth-order valence-electron chi connectivity index (χ4n) is 2.23. The summed E-state index contributed by atoms with van der Waals surface area (Å²) in [6.07, 6.45) is 2.79. The zero-order valence-corrected chi connectivity index (χ0v) is 10.6. The minimum absolute atomic E-state index is 0.297. The predicted molar refractivity (Wildman–Crippen MR) is 64.0 cm³/mol. The van der Waals surface area contributed by atoms with E-state index in [0.717, 1.165) is 13.0 Å². The SMILES string of the molecule is COCCn1ncc(Cl)c1C1(F)CCCNC1. The average Bonchev–Trinajstić information content (AvgIpc) is 2.69. The standard InChI is InChI=1S/C11H17ClFN3O/c1-17-6-5-16-10(9(12)7-15-16)11(13)3-2-4-14-8-11/h7,14H,2-6,8H2,1H3. The van der Waals surface area contributed by atoms with Gasteiger partial charge in [-0.15, -0.1) is 0 Å². The first kappa shape index (κ1) is 12.8. The molecule has 1 aromatic rings. The van der Waals surface area contributed by atoms with Crippen molar-refractivity contribution in [1.29, 1.82) is 0 Å². The number of hydrogen-bond acceptors (Lipinski definition) is 3. The minimum Gasteiger partial charge on any atom is -0.383 e. The Morgan fingerprint density at radius 3 is 3.18 bits per heavy atom. The first-order valence-corrected chi connectivity index (χ1v) is 6.15. The molecule has 0 spiro atoms. The molecule has 17 heavy (non-hydrogen) atoms. The molecular weight excluding hydrogens is 245 g/mol. The van der Waals surface area contributed by atoms with Gasteiger partial charge in [0, 0.05) is 13.7 Å². The highest BCUT2D eigenvalue weighted by Crippen LogP contribution is 2.36. The first-order valence-electron chi connectivity index (χ1n) is 5.78. The van der Waals surface area contributed by atoms with Gasteiger partial charge in [0.25, 0.3) is 0 Å².